The molecule has 4 heteroatoms. The highest BCUT2D eigenvalue weighted by Crippen LogP contribution is 2.00. The number of hydrogen-bond donors (Lipinski definition) is 1. The van der Waals surface area contributed by atoms with Crippen molar-refractivity contribution in [2.75, 3.05) is 26.7 Å². The van der Waals surface area contributed by atoms with Crippen LogP contribution in [0.4, 0.5) is 0 Å². The normalized spacial score (nSPS) is 18.9. The second-order valence-corrected chi connectivity index (χ2v) is 2.82. The molecule has 11 heavy (non-hydrogen) atoms. The van der Waals surface area contributed by atoms with Crippen molar-refractivity contribution >= 4 is 11.7 Å². The topological polar surface area (TPSA) is 47.4 Å². The fourth-order valence-corrected chi connectivity index (χ4v) is 1.04. The fraction of sp³-hybridized carbons (Fsp3) is 0.714. The third-order valence-electron chi connectivity index (χ3n) is 1.93. The second-order valence-electron chi connectivity index (χ2n) is 2.82. The second kappa shape index (κ2) is 2.90. The number of amidine groups is 1. The fourth-order valence-electron chi connectivity index (χ4n) is 1.04. The van der Waals surface area contributed by atoms with Gasteiger partial charge >= 0.3 is 0 Å². The lowest BCUT2D eigenvalue weighted by molar-refractivity contribution is -0.132. The quantitative estimate of drug-likeness (QED) is 0.387. The predicted octanol–water partition coefficient (Wildman–Crippen LogP) is -0.242. The van der Waals surface area contributed by atoms with Crippen molar-refractivity contribution in [2.45, 2.75) is 6.92 Å². The molecule has 0 aliphatic carbocycles. The lowest BCUT2D eigenvalue weighted by Crippen LogP contribution is -2.49. The van der Waals surface area contributed by atoms with Crippen molar-refractivity contribution in [3.8, 4) is 0 Å². The van der Waals surface area contributed by atoms with E-state index < -0.39 is 0 Å². The zero-order valence-electron chi connectivity index (χ0n) is 6.92. The predicted molar refractivity (Wildman–Crippen MR) is 42.6 cm³/mol. The molecule has 0 saturated carbocycles. The standard InChI is InChI=1S/C7H13N3O/c1-6(8)10-4-3-9(2)7(11)5-10/h8H,3-5H2,1-2H3. The van der Waals surface area contributed by atoms with Crippen molar-refractivity contribution in [3.63, 3.8) is 0 Å². The van der Waals surface area contributed by atoms with Crippen LogP contribution >= 0.6 is 0 Å². The molecule has 62 valence electrons. The van der Waals surface area contributed by atoms with E-state index in [9.17, 15) is 4.79 Å². The Labute approximate surface area is 66.3 Å². The summed E-state index contributed by atoms with van der Waals surface area (Å²) < 4.78 is 0. The van der Waals surface area contributed by atoms with Crippen LogP contribution in [0.1, 0.15) is 6.92 Å². The summed E-state index contributed by atoms with van der Waals surface area (Å²) in [6.07, 6.45) is 0. The molecule has 1 fully saturated rings. The van der Waals surface area contributed by atoms with Crippen LogP contribution in [0.25, 0.3) is 0 Å². The Balaban J connectivity index is 2.53. The van der Waals surface area contributed by atoms with Gasteiger partial charge in [-0.05, 0) is 6.92 Å². The first kappa shape index (κ1) is 8.04. The Bertz CT molecular complexity index is 190. The lowest BCUT2D eigenvalue weighted by atomic mass is 10.3. The molecule has 1 heterocycles. The van der Waals surface area contributed by atoms with Crippen LogP contribution in [0.15, 0.2) is 0 Å². The Morgan fingerprint density at radius 1 is 1.55 bits per heavy atom. The summed E-state index contributed by atoms with van der Waals surface area (Å²) in [4.78, 5) is 14.6. The Morgan fingerprint density at radius 3 is 2.64 bits per heavy atom. The minimum absolute atomic E-state index is 0.0999. The van der Waals surface area contributed by atoms with Gasteiger partial charge in [-0.1, -0.05) is 0 Å². The van der Waals surface area contributed by atoms with Gasteiger partial charge in [0, 0.05) is 20.1 Å². The van der Waals surface area contributed by atoms with Gasteiger partial charge in [-0.2, -0.15) is 0 Å². The molecule has 0 unspecified atom stereocenters. The van der Waals surface area contributed by atoms with Crippen LogP contribution in [-0.2, 0) is 4.79 Å². The van der Waals surface area contributed by atoms with E-state index in [-0.39, 0.29) is 5.91 Å². The van der Waals surface area contributed by atoms with Crippen molar-refractivity contribution in [1.29, 1.82) is 5.41 Å². The number of rotatable bonds is 0. The minimum atomic E-state index is 0.0999. The van der Waals surface area contributed by atoms with Crippen molar-refractivity contribution in [2.24, 2.45) is 0 Å². The van der Waals surface area contributed by atoms with Crippen molar-refractivity contribution < 1.29 is 4.79 Å². The van der Waals surface area contributed by atoms with Crippen molar-refractivity contribution in [3.05, 3.63) is 0 Å². The van der Waals surface area contributed by atoms with Gasteiger partial charge in [0.05, 0.1) is 12.4 Å². The Hall–Kier alpha value is -1.06. The van der Waals surface area contributed by atoms with E-state index in [0.717, 1.165) is 13.1 Å². The maximum Gasteiger partial charge on any atom is 0.241 e. The van der Waals surface area contributed by atoms with E-state index in [2.05, 4.69) is 0 Å². The highest BCUT2D eigenvalue weighted by molar-refractivity contribution is 5.85. The van der Waals surface area contributed by atoms with Crippen LogP contribution in [0.2, 0.25) is 0 Å². The van der Waals surface area contributed by atoms with E-state index in [4.69, 9.17) is 5.41 Å². The molecule has 0 radical (unpaired) electrons. The van der Waals surface area contributed by atoms with Gasteiger partial charge in [0.15, 0.2) is 0 Å². The summed E-state index contributed by atoms with van der Waals surface area (Å²) in [7, 11) is 1.79. The van der Waals surface area contributed by atoms with Gasteiger partial charge in [0.25, 0.3) is 0 Å². The van der Waals surface area contributed by atoms with Crippen LogP contribution in [-0.4, -0.2) is 48.2 Å². The Kier molecular flexibility index (Phi) is 2.12. The van der Waals surface area contributed by atoms with Crippen LogP contribution in [0.3, 0.4) is 0 Å². The van der Waals surface area contributed by atoms with Gasteiger partial charge < -0.3 is 9.80 Å². The highest BCUT2D eigenvalue weighted by atomic mass is 16.2. The molecule has 0 bridgehead atoms. The first-order chi connectivity index (χ1) is 5.11. The first-order valence-electron chi connectivity index (χ1n) is 3.65. The number of piperazine rings is 1. The monoisotopic (exact) mass is 155 g/mol. The summed E-state index contributed by atoms with van der Waals surface area (Å²) in [5, 5.41) is 7.30. The number of nitrogens with one attached hydrogen (secondary N) is 1. The zero-order chi connectivity index (χ0) is 8.43. The number of carbonyl (C=O) groups is 1. The molecule has 1 aliphatic heterocycles. The smallest absolute Gasteiger partial charge is 0.241 e. The minimum Gasteiger partial charge on any atom is -0.350 e. The van der Waals surface area contributed by atoms with E-state index in [1.807, 2.05) is 0 Å². The zero-order valence-corrected chi connectivity index (χ0v) is 6.92. The molecule has 0 atom stereocenters. The maximum absolute atomic E-state index is 11.1. The molecule has 1 N–H and O–H groups in total. The summed E-state index contributed by atoms with van der Waals surface area (Å²) in [5.41, 5.74) is 0. The van der Waals surface area contributed by atoms with Gasteiger partial charge in [0.2, 0.25) is 5.91 Å². The van der Waals surface area contributed by atoms with Crippen LogP contribution in [0.5, 0.6) is 0 Å². The molecule has 0 aromatic carbocycles. The van der Waals surface area contributed by atoms with Crippen LogP contribution < -0.4 is 0 Å². The van der Waals surface area contributed by atoms with E-state index in [1.165, 1.54) is 0 Å². The molecule has 1 saturated heterocycles. The maximum atomic E-state index is 11.1. The van der Waals surface area contributed by atoms with Gasteiger partial charge in [-0.3, -0.25) is 10.2 Å². The third kappa shape index (κ3) is 1.69. The van der Waals surface area contributed by atoms with Crippen LogP contribution in [0, 0.1) is 5.41 Å². The average Bonchev–Trinajstić information content (AvgIpc) is 1.94. The molecule has 1 aliphatic rings. The molecule has 4 nitrogen and oxygen atoms in total. The van der Waals surface area contributed by atoms with Crippen molar-refractivity contribution in [1.82, 2.24) is 9.80 Å². The SMILES string of the molecule is CC(=N)N1CCN(C)C(=O)C1. The van der Waals surface area contributed by atoms with Gasteiger partial charge in [-0.15, -0.1) is 0 Å². The molecule has 0 aromatic rings. The lowest BCUT2D eigenvalue weighted by Gasteiger charge is -2.32. The van der Waals surface area contributed by atoms with Gasteiger partial charge in [-0.25, -0.2) is 0 Å². The summed E-state index contributed by atoms with van der Waals surface area (Å²) in [5.74, 6) is 0.578. The largest absolute Gasteiger partial charge is 0.350 e. The number of amides is 1. The van der Waals surface area contributed by atoms with E-state index >= 15 is 0 Å². The van der Waals surface area contributed by atoms with Gasteiger partial charge in [0.1, 0.15) is 0 Å². The number of nitrogens with zero attached hydrogens (tertiary/aromatic N) is 2. The number of hydrogen-bond acceptors (Lipinski definition) is 2. The Morgan fingerprint density at radius 2 is 2.18 bits per heavy atom. The molecular weight excluding hydrogens is 142 g/mol. The highest BCUT2D eigenvalue weighted by Gasteiger charge is 2.20. The summed E-state index contributed by atoms with van der Waals surface area (Å²) >= 11 is 0. The summed E-state index contributed by atoms with van der Waals surface area (Å²) in [6.45, 7) is 3.59. The number of likely N-dealkylation sites (N-methyl/N-ethyl adjacent to an activating group) is 1. The van der Waals surface area contributed by atoms with E-state index in [1.54, 1.807) is 23.8 Å². The molecular formula is C7H13N3O. The number of carbonyl (C=O) groups excluding carboxylic acids is 1. The molecule has 0 spiro atoms. The molecule has 0 aromatic heterocycles. The van der Waals surface area contributed by atoms with E-state index in [0.29, 0.717) is 12.4 Å². The molecule has 1 amide bonds. The molecule has 1 rings (SSSR count). The average molecular weight is 155 g/mol. The third-order valence-corrected chi connectivity index (χ3v) is 1.93. The summed E-state index contributed by atoms with van der Waals surface area (Å²) in [6, 6.07) is 0. The first-order valence-corrected chi connectivity index (χ1v) is 3.65.